The molecule has 0 bridgehead atoms. The Bertz CT molecular complexity index is 505. The van der Waals surface area contributed by atoms with E-state index in [1.807, 2.05) is 0 Å². The molecule has 0 aliphatic heterocycles. The number of carbonyl (C=O) groups is 1. The first-order chi connectivity index (χ1) is 11.1. The zero-order valence-corrected chi connectivity index (χ0v) is 15.2. The molecule has 0 spiro atoms. The van der Waals surface area contributed by atoms with Crippen LogP contribution < -0.4 is 0 Å². The molecule has 0 saturated heterocycles. The summed E-state index contributed by atoms with van der Waals surface area (Å²) in [6, 6.07) is 6.77. The molecule has 0 heterocycles. The van der Waals surface area contributed by atoms with Crippen molar-refractivity contribution in [1.82, 2.24) is 4.90 Å². The molecule has 0 amide bonds. The van der Waals surface area contributed by atoms with Gasteiger partial charge in [0.15, 0.2) is 0 Å². The number of fused-ring (bicyclic) bond motifs is 1. The minimum Gasteiger partial charge on any atom is -0.303 e. The Morgan fingerprint density at radius 2 is 1.91 bits per heavy atom. The molecule has 1 aromatic rings. The summed E-state index contributed by atoms with van der Waals surface area (Å²) in [5, 5.41) is 0. The summed E-state index contributed by atoms with van der Waals surface area (Å²) in [6.45, 7) is 10.3. The van der Waals surface area contributed by atoms with Crippen molar-refractivity contribution >= 4 is 6.29 Å². The summed E-state index contributed by atoms with van der Waals surface area (Å²) in [5.74, 6) is 0. The van der Waals surface area contributed by atoms with Crippen LogP contribution in [0.25, 0.3) is 0 Å². The Balaban J connectivity index is 2.16. The highest BCUT2D eigenvalue weighted by Gasteiger charge is 2.32. The van der Waals surface area contributed by atoms with Crippen molar-refractivity contribution in [2.24, 2.45) is 0 Å². The highest BCUT2D eigenvalue weighted by molar-refractivity contribution is 5.55. The summed E-state index contributed by atoms with van der Waals surface area (Å²) in [4.78, 5) is 13.7. The van der Waals surface area contributed by atoms with Crippen molar-refractivity contribution in [2.45, 2.75) is 71.1 Å². The average molecular weight is 316 g/mol. The first kappa shape index (κ1) is 18.2. The molecule has 23 heavy (non-hydrogen) atoms. The third-order valence-electron chi connectivity index (χ3n) is 5.39. The first-order valence-corrected chi connectivity index (χ1v) is 9.42. The van der Waals surface area contributed by atoms with Crippen LogP contribution in [-0.4, -0.2) is 30.8 Å². The maximum absolute atomic E-state index is 11.1. The summed E-state index contributed by atoms with van der Waals surface area (Å²) >= 11 is 0. The molecule has 1 atom stereocenters. The zero-order chi connectivity index (χ0) is 16.7. The van der Waals surface area contributed by atoms with Gasteiger partial charge in [-0.1, -0.05) is 39.0 Å². The largest absolute Gasteiger partial charge is 0.303 e. The maximum atomic E-state index is 11.1. The van der Waals surface area contributed by atoms with Crippen LogP contribution in [0.5, 0.6) is 0 Å². The van der Waals surface area contributed by atoms with Crippen LogP contribution in [0.15, 0.2) is 18.2 Å². The van der Waals surface area contributed by atoms with Gasteiger partial charge in [-0.2, -0.15) is 0 Å². The van der Waals surface area contributed by atoms with Gasteiger partial charge in [-0.05, 0) is 73.7 Å². The predicted octanol–water partition coefficient (Wildman–Crippen LogP) is 4.53. The fourth-order valence-electron chi connectivity index (χ4n) is 4.16. The Hall–Kier alpha value is -1.15. The quantitative estimate of drug-likeness (QED) is 0.624. The topological polar surface area (TPSA) is 20.3 Å². The lowest BCUT2D eigenvalue weighted by Gasteiger charge is -2.36. The molecule has 1 aromatic carbocycles. The number of carbonyl (C=O) groups excluding carboxylic acids is 1. The third-order valence-corrected chi connectivity index (χ3v) is 5.39. The van der Waals surface area contributed by atoms with Gasteiger partial charge in [0.1, 0.15) is 6.29 Å². The van der Waals surface area contributed by atoms with Gasteiger partial charge in [-0.15, -0.1) is 0 Å². The van der Waals surface area contributed by atoms with E-state index in [0.717, 1.165) is 25.7 Å². The molecule has 2 rings (SSSR count). The molecule has 2 heteroatoms. The second kappa shape index (κ2) is 8.63. The van der Waals surface area contributed by atoms with Crippen LogP contribution in [0.2, 0.25) is 0 Å². The van der Waals surface area contributed by atoms with Crippen LogP contribution in [0, 0.1) is 0 Å². The minimum atomic E-state index is 0.0534. The van der Waals surface area contributed by atoms with Crippen LogP contribution in [-0.2, 0) is 23.1 Å². The van der Waals surface area contributed by atoms with E-state index >= 15 is 0 Å². The number of rotatable bonds is 9. The maximum Gasteiger partial charge on any atom is 0.120 e. The van der Waals surface area contributed by atoms with E-state index in [1.165, 1.54) is 55.5 Å². The van der Waals surface area contributed by atoms with E-state index in [4.69, 9.17) is 0 Å². The monoisotopic (exact) mass is 315 g/mol. The fraction of sp³-hybridized carbons (Fsp3) is 0.667. The summed E-state index contributed by atoms with van der Waals surface area (Å²) in [5.41, 5.74) is 4.54. The fourth-order valence-corrected chi connectivity index (χ4v) is 4.16. The van der Waals surface area contributed by atoms with Gasteiger partial charge in [0.05, 0.1) is 0 Å². The average Bonchev–Trinajstić information content (AvgIpc) is 2.54. The van der Waals surface area contributed by atoms with Gasteiger partial charge < -0.3 is 9.69 Å². The summed E-state index contributed by atoms with van der Waals surface area (Å²) in [7, 11) is 0. The van der Waals surface area contributed by atoms with Gasteiger partial charge >= 0.3 is 0 Å². The third kappa shape index (κ3) is 4.44. The minimum absolute atomic E-state index is 0.0534. The normalized spacial score (nSPS) is 20.5. The molecule has 0 N–H and O–H groups in total. The van der Waals surface area contributed by atoms with E-state index in [-0.39, 0.29) is 5.41 Å². The van der Waals surface area contributed by atoms with E-state index < -0.39 is 0 Å². The van der Waals surface area contributed by atoms with E-state index in [2.05, 4.69) is 43.9 Å². The second-order valence-electron chi connectivity index (χ2n) is 7.32. The van der Waals surface area contributed by atoms with Gasteiger partial charge in [-0.25, -0.2) is 0 Å². The smallest absolute Gasteiger partial charge is 0.120 e. The van der Waals surface area contributed by atoms with Crippen LogP contribution in [0.3, 0.4) is 0 Å². The SMILES string of the molecule is CCCN(CCC)CCc1cccc2c1CCCC2(C)CC=O. The molecule has 0 fully saturated rings. The molecule has 0 saturated carbocycles. The summed E-state index contributed by atoms with van der Waals surface area (Å²) < 4.78 is 0. The molecule has 1 unspecified atom stereocenters. The van der Waals surface area contributed by atoms with Crippen LogP contribution >= 0.6 is 0 Å². The van der Waals surface area contributed by atoms with E-state index in [1.54, 1.807) is 0 Å². The van der Waals surface area contributed by atoms with Crippen LogP contribution in [0.4, 0.5) is 0 Å². The summed E-state index contributed by atoms with van der Waals surface area (Å²) in [6.07, 6.45) is 8.88. The van der Waals surface area contributed by atoms with Crippen molar-refractivity contribution in [3.05, 3.63) is 34.9 Å². The van der Waals surface area contributed by atoms with Crippen molar-refractivity contribution < 1.29 is 4.79 Å². The van der Waals surface area contributed by atoms with Crippen molar-refractivity contribution in [3.8, 4) is 0 Å². The van der Waals surface area contributed by atoms with Gasteiger partial charge in [0.2, 0.25) is 0 Å². The number of hydrogen-bond donors (Lipinski definition) is 0. The standard InChI is InChI=1S/C21H33NO/c1-4-14-22(15-5-2)16-11-18-8-6-10-20-19(18)9-7-12-21(20,3)13-17-23/h6,8,10,17H,4-5,7,9,11-16H2,1-3H3. The van der Waals surface area contributed by atoms with Crippen LogP contribution in [0.1, 0.15) is 69.6 Å². The lowest BCUT2D eigenvalue weighted by atomic mass is 9.68. The highest BCUT2D eigenvalue weighted by atomic mass is 16.1. The number of nitrogens with zero attached hydrogens (tertiary/aromatic N) is 1. The Kier molecular flexibility index (Phi) is 6.83. The van der Waals surface area contributed by atoms with E-state index in [9.17, 15) is 4.79 Å². The first-order valence-electron chi connectivity index (χ1n) is 9.42. The lowest BCUT2D eigenvalue weighted by molar-refractivity contribution is -0.108. The molecular weight excluding hydrogens is 282 g/mol. The highest BCUT2D eigenvalue weighted by Crippen LogP contribution is 2.40. The Labute approximate surface area is 142 Å². The number of aldehydes is 1. The number of benzene rings is 1. The molecule has 1 aliphatic rings. The van der Waals surface area contributed by atoms with Gasteiger partial charge in [0, 0.05) is 13.0 Å². The predicted molar refractivity (Wildman–Crippen MR) is 98.1 cm³/mol. The molecule has 0 radical (unpaired) electrons. The molecule has 128 valence electrons. The zero-order valence-electron chi connectivity index (χ0n) is 15.2. The molecule has 2 nitrogen and oxygen atoms in total. The van der Waals surface area contributed by atoms with Crippen molar-refractivity contribution in [3.63, 3.8) is 0 Å². The Morgan fingerprint density at radius 3 is 2.57 bits per heavy atom. The molecular formula is C21H33NO. The van der Waals surface area contributed by atoms with Crippen molar-refractivity contribution in [2.75, 3.05) is 19.6 Å². The number of hydrogen-bond acceptors (Lipinski definition) is 2. The Morgan fingerprint density at radius 1 is 1.17 bits per heavy atom. The lowest BCUT2D eigenvalue weighted by Crippen LogP contribution is -2.30. The molecule has 1 aliphatic carbocycles. The van der Waals surface area contributed by atoms with Crippen molar-refractivity contribution in [1.29, 1.82) is 0 Å². The van der Waals surface area contributed by atoms with Gasteiger partial charge in [0.25, 0.3) is 0 Å². The van der Waals surface area contributed by atoms with Gasteiger partial charge in [-0.3, -0.25) is 0 Å². The second-order valence-corrected chi connectivity index (χ2v) is 7.32. The van der Waals surface area contributed by atoms with E-state index in [0.29, 0.717) is 6.42 Å². The molecule has 0 aromatic heterocycles.